The van der Waals surface area contributed by atoms with Crippen LogP contribution in [0.15, 0.2) is 24.3 Å². The second-order valence-electron chi connectivity index (χ2n) is 4.44. The summed E-state index contributed by atoms with van der Waals surface area (Å²) in [6, 6.07) is 5.26. The van der Waals surface area contributed by atoms with E-state index in [1.54, 1.807) is 36.3 Å². The molecule has 0 aliphatic carbocycles. The number of carbonyl (C=O) groups is 1. The van der Waals surface area contributed by atoms with Gasteiger partial charge in [-0.2, -0.15) is 0 Å². The Morgan fingerprint density at radius 1 is 1.42 bits per heavy atom. The summed E-state index contributed by atoms with van der Waals surface area (Å²) in [6.07, 6.45) is 4.34. The summed E-state index contributed by atoms with van der Waals surface area (Å²) >= 11 is 11.8. The highest BCUT2D eigenvalue weighted by Gasteiger charge is 2.24. The van der Waals surface area contributed by atoms with Crippen LogP contribution < -0.4 is 0 Å². The van der Waals surface area contributed by atoms with Crippen molar-refractivity contribution in [2.45, 2.75) is 12.5 Å². The first-order chi connectivity index (χ1) is 9.10. The van der Waals surface area contributed by atoms with E-state index in [-0.39, 0.29) is 12.0 Å². The Hall–Kier alpha value is -1.03. The van der Waals surface area contributed by atoms with Gasteiger partial charge >= 0.3 is 0 Å². The Labute approximate surface area is 122 Å². The average Bonchev–Trinajstić information content (AvgIpc) is 2.88. The zero-order chi connectivity index (χ0) is 13.8. The summed E-state index contributed by atoms with van der Waals surface area (Å²) in [5, 5.41) is 0.990. The van der Waals surface area contributed by atoms with Gasteiger partial charge in [-0.25, -0.2) is 0 Å². The summed E-state index contributed by atoms with van der Waals surface area (Å²) in [5.41, 5.74) is 0.852. The molecule has 3 nitrogen and oxygen atoms in total. The SMILES string of the molecule is CO[C@@H]1CCN(C(=O)/C=C/c2ccc(Cl)c(Cl)c2)C1. The van der Waals surface area contributed by atoms with Crippen molar-refractivity contribution < 1.29 is 9.53 Å². The van der Waals surface area contributed by atoms with E-state index in [1.807, 2.05) is 6.07 Å². The Morgan fingerprint density at radius 3 is 2.84 bits per heavy atom. The molecule has 0 N–H and O–H groups in total. The summed E-state index contributed by atoms with van der Waals surface area (Å²) in [4.78, 5) is 13.7. The Morgan fingerprint density at radius 2 is 2.21 bits per heavy atom. The first-order valence-corrected chi connectivity index (χ1v) is 6.80. The Kier molecular flexibility index (Phi) is 4.86. The van der Waals surface area contributed by atoms with Gasteiger partial charge in [0, 0.05) is 26.3 Å². The topological polar surface area (TPSA) is 29.5 Å². The van der Waals surface area contributed by atoms with Crippen molar-refractivity contribution >= 4 is 35.2 Å². The number of carbonyl (C=O) groups excluding carboxylic acids is 1. The van der Waals surface area contributed by atoms with Crippen LogP contribution in [-0.4, -0.2) is 37.1 Å². The molecular formula is C14H15Cl2NO2. The van der Waals surface area contributed by atoms with E-state index >= 15 is 0 Å². The lowest BCUT2D eigenvalue weighted by Gasteiger charge is -2.13. The number of methoxy groups -OCH3 is 1. The third-order valence-corrected chi connectivity index (χ3v) is 3.89. The lowest BCUT2D eigenvalue weighted by Crippen LogP contribution is -2.28. The Bertz CT molecular complexity index is 502. The highest BCUT2D eigenvalue weighted by atomic mass is 35.5. The zero-order valence-corrected chi connectivity index (χ0v) is 12.1. The zero-order valence-electron chi connectivity index (χ0n) is 10.6. The molecule has 0 bridgehead atoms. The van der Waals surface area contributed by atoms with Crippen molar-refractivity contribution in [2.24, 2.45) is 0 Å². The minimum atomic E-state index is -0.00868. The number of halogens is 2. The molecule has 0 unspecified atom stereocenters. The van der Waals surface area contributed by atoms with Gasteiger partial charge in [-0.15, -0.1) is 0 Å². The highest BCUT2D eigenvalue weighted by molar-refractivity contribution is 6.42. The smallest absolute Gasteiger partial charge is 0.246 e. The molecule has 0 aromatic heterocycles. The van der Waals surface area contributed by atoms with E-state index in [0.717, 1.165) is 18.5 Å². The van der Waals surface area contributed by atoms with Crippen molar-refractivity contribution in [3.63, 3.8) is 0 Å². The molecule has 0 spiro atoms. The first kappa shape index (κ1) is 14.4. The monoisotopic (exact) mass is 299 g/mol. The van der Waals surface area contributed by atoms with Crippen molar-refractivity contribution in [1.82, 2.24) is 4.90 Å². The fraction of sp³-hybridized carbons (Fsp3) is 0.357. The average molecular weight is 300 g/mol. The van der Waals surface area contributed by atoms with Gasteiger partial charge in [0.25, 0.3) is 0 Å². The van der Waals surface area contributed by atoms with Gasteiger partial charge < -0.3 is 9.64 Å². The number of likely N-dealkylation sites (tertiary alicyclic amines) is 1. The molecule has 1 aromatic carbocycles. The van der Waals surface area contributed by atoms with Gasteiger partial charge in [-0.1, -0.05) is 29.3 Å². The number of ether oxygens (including phenoxy) is 1. The van der Waals surface area contributed by atoms with E-state index in [9.17, 15) is 4.79 Å². The fourth-order valence-electron chi connectivity index (χ4n) is 2.01. The van der Waals surface area contributed by atoms with E-state index in [2.05, 4.69) is 0 Å². The standard InChI is InChI=1S/C14H15Cl2NO2/c1-19-11-6-7-17(9-11)14(18)5-3-10-2-4-12(15)13(16)8-10/h2-5,8,11H,6-7,9H2,1H3/b5-3+/t11-/m1/s1. The number of hydrogen-bond donors (Lipinski definition) is 0. The number of rotatable bonds is 3. The number of nitrogens with zero attached hydrogens (tertiary/aromatic N) is 1. The number of amides is 1. The minimum Gasteiger partial charge on any atom is -0.380 e. The van der Waals surface area contributed by atoms with Gasteiger partial charge in [0.1, 0.15) is 0 Å². The van der Waals surface area contributed by atoms with Gasteiger partial charge in [-0.3, -0.25) is 4.79 Å². The molecule has 1 saturated heterocycles. The molecule has 0 radical (unpaired) electrons. The van der Waals surface area contributed by atoms with Gasteiger partial charge in [0.2, 0.25) is 5.91 Å². The van der Waals surface area contributed by atoms with E-state index in [4.69, 9.17) is 27.9 Å². The molecule has 19 heavy (non-hydrogen) atoms. The van der Waals surface area contributed by atoms with Gasteiger partial charge in [0.15, 0.2) is 0 Å². The molecule has 1 amide bonds. The molecule has 1 aromatic rings. The summed E-state index contributed by atoms with van der Waals surface area (Å²) in [7, 11) is 1.67. The number of benzene rings is 1. The lowest BCUT2D eigenvalue weighted by atomic mass is 10.2. The van der Waals surface area contributed by atoms with Crippen molar-refractivity contribution in [3.8, 4) is 0 Å². The lowest BCUT2D eigenvalue weighted by molar-refractivity contribution is -0.125. The molecular weight excluding hydrogens is 285 g/mol. The fourth-order valence-corrected chi connectivity index (χ4v) is 2.32. The van der Waals surface area contributed by atoms with Crippen LogP contribution in [0.3, 0.4) is 0 Å². The summed E-state index contributed by atoms with van der Waals surface area (Å²) in [5.74, 6) is -0.00868. The minimum absolute atomic E-state index is 0.00868. The molecule has 1 heterocycles. The van der Waals surface area contributed by atoms with Crippen LogP contribution in [0.1, 0.15) is 12.0 Å². The predicted octanol–water partition coefficient (Wildman–Crippen LogP) is 3.25. The van der Waals surface area contributed by atoms with Crippen molar-refractivity contribution in [1.29, 1.82) is 0 Å². The van der Waals surface area contributed by atoms with Gasteiger partial charge in [-0.05, 0) is 30.2 Å². The van der Waals surface area contributed by atoms with Crippen LogP contribution in [-0.2, 0) is 9.53 Å². The van der Waals surface area contributed by atoms with Crippen LogP contribution in [0.5, 0.6) is 0 Å². The Balaban J connectivity index is 1.98. The summed E-state index contributed by atoms with van der Waals surface area (Å²) in [6.45, 7) is 1.39. The maximum absolute atomic E-state index is 12.0. The van der Waals surface area contributed by atoms with Crippen LogP contribution in [0, 0.1) is 0 Å². The third-order valence-electron chi connectivity index (χ3n) is 3.15. The molecule has 2 rings (SSSR count). The maximum Gasteiger partial charge on any atom is 0.246 e. The van der Waals surface area contributed by atoms with Crippen LogP contribution in [0.25, 0.3) is 6.08 Å². The molecule has 1 aliphatic rings. The maximum atomic E-state index is 12.0. The van der Waals surface area contributed by atoms with Gasteiger partial charge in [0.05, 0.1) is 16.1 Å². The van der Waals surface area contributed by atoms with Crippen LogP contribution in [0.2, 0.25) is 10.0 Å². The molecule has 5 heteroatoms. The first-order valence-electron chi connectivity index (χ1n) is 6.05. The molecule has 1 fully saturated rings. The van der Waals surface area contributed by atoms with E-state index in [0.29, 0.717) is 16.6 Å². The van der Waals surface area contributed by atoms with Crippen LogP contribution >= 0.6 is 23.2 Å². The third kappa shape index (κ3) is 3.72. The number of hydrogen-bond acceptors (Lipinski definition) is 2. The van der Waals surface area contributed by atoms with E-state index in [1.165, 1.54) is 0 Å². The largest absolute Gasteiger partial charge is 0.380 e. The summed E-state index contributed by atoms with van der Waals surface area (Å²) < 4.78 is 5.23. The van der Waals surface area contributed by atoms with Crippen LogP contribution in [0.4, 0.5) is 0 Å². The second kappa shape index (κ2) is 6.42. The quantitative estimate of drug-likeness (QED) is 0.802. The molecule has 0 saturated carbocycles. The second-order valence-corrected chi connectivity index (χ2v) is 5.25. The molecule has 1 atom stereocenters. The highest BCUT2D eigenvalue weighted by Crippen LogP contribution is 2.23. The molecule has 1 aliphatic heterocycles. The predicted molar refractivity (Wildman–Crippen MR) is 77.5 cm³/mol. The normalized spacial score (nSPS) is 19.3. The molecule has 102 valence electrons. The van der Waals surface area contributed by atoms with Crippen molar-refractivity contribution in [2.75, 3.05) is 20.2 Å². The van der Waals surface area contributed by atoms with E-state index < -0.39 is 0 Å². The van der Waals surface area contributed by atoms with Crippen molar-refractivity contribution in [3.05, 3.63) is 39.9 Å².